The van der Waals surface area contributed by atoms with Gasteiger partial charge in [-0.05, 0) is 35.9 Å². The first-order chi connectivity index (χ1) is 14.5. The molecule has 8 heteroatoms. The van der Waals surface area contributed by atoms with Gasteiger partial charge in [-0.1, -0.05) is 12.1 Å². The molecule has 4 rings (SSSR count). The Labute approximate surface area is 171 Å². The van der Waals surface area contributed by atoms with Crippen LogP contribution in [0.1, 0.15) is 37.7 Å². The summed E-state index contributed by atoms with van der Waals surface area (Å²) in [7, 11) is 0. The highest BCUT2D eigenvalue weighted by atomic mass is 16.4. The molecule has 8 nitrogen and oxygen atoms in total. The molecule has 0 saturated carbocycles. The van der Waals surface area contributed by atoms with E-state index in [2.05, 4.69) is 20.3 Å². The van der Waals surface area contributed by atoms with E-state index in [1.54, 1.807) is 48.9 Å². The van der Waals surface area contributed by atoms with Crippen molar-refractivity contribution in [2.24, 2.45) is 0 Å². The Hall–Kier alpha value is -4.20. The van der Waals surface area contributed by atoms with Crippen molar-refractivity contribution in [2.45, 2.75) is 13.0 Å². The molecule has 0 aliphatic rings. The number of imidazole rings is 1. The van der Waals surface area contributed by atoms with Crippen LogP contribution in [-0.4, -0.2) is 37.0 Å². The molecular weight excluding hydrogens is 384 g/mol. The Bertz CT molecular complexity index is 1220. The van der Waals surface area contributed by atoms with Gasteiger partial charge in [0.05, 0.1) is 17.6 Å². The summed E-state index contributed by atoms with van der Waals surface area (Å²) in [6.07, 6.45) is 5.25. The Morgan fingerprint density at radius 2 is 1.80 bits per heavy atom. The van der Waals surface area contributed by atoms with Crippen molar-refractivity contribution in [3.05, 3.63) is 89.1 Å². The molecule has 1 amide bonds. The molecule has 150 valence electrons. The summed E-state index contributed by atoms with van der Waals surface area (Å²) in [5.41, 5.74) is 2.58. The number of nitrogens with one attached hydrogen (secondary N) is 2. The molecule has 0 aliphatic carbocycles. The fraction of sp³-hybridized carbons (Fsp3) is 0.0909. The number of amides is 1. The van der Waals surface area contributed by atoms with Crippen LogP contribution in [0.25, 0.3) is 10.9 Å². The molecule has 0 spiro atoms. The van der Waals surface area contributed by atoms with Crippen LogP contribution in [-0.2, 0) is 13.0 Å². The molecule has 2 heterocycles. The van der Waals surface area contributed by atoms with E-state index in [1.165, 1.54) is 12.1 Å². The fourth-order valence-electron chi connectivity index (χ4n) is 3.14. The molecule has 30 heavy (non-hydrogen) atoms. The number of carbonyl (C=O) groups excluding carboxylic acids is 1. The minimum absolute atomic E-state index is 0.0444. The maximum Gasteiger partial charge on any atom is 0.335 e. The average Bonchev–Trinajstić information content (AvgIpc) is 3.28. The number of benzene rings is 2. The van der Waals surface area contributed by atoms with Crippen molar-refractivity contribution in [3.8, 4) is 5.75 Å². The first-order valence-corrected chi connectivity index (χ1v) is 9.20. The number of aromatic carboxylic acids is 1. The fourth-order valence-corrected chi connectivity index (χ4v) is 3.14. The predicted molar refractivity (Wildman–Crippen MR) is 109 cm³/mol. The number of hydrogen-bond donors (Lipinski definition) is 4. The maximum absolute atomic E-state index is 12.5. The number of aromatic nitrogens is 3. The van der Waals surface area contributed by atoms with Gasteiger partial charge in [0.25, 0.3) is 5.91 Å². The van der Waals surface area contributed by atoms with Crippen LogP contribution in [0.15, 0.2) is 61.1 Å². The van der Waals surface area contributed by atoms with Crippen molar-refractivity contribution in [1.82, 2.24) is 20.3 Å². The van der Waals surface area contributed by atoms with Gasteiger partial charge in [-0.25, -0.2) is 9.78 Å². The molecule has 4 aromatic rings. The smallest absolute Gasteiger partial charge is 0.335 e. The number of carboxylic acid groups (broad SMARTS) is 1. The Kier molecular flexibility index (Phi) is 5.13. The number of carbonyl (C=O) groups is 2. The van der Waals surface area contributed by atoms with Crippen molar-refractivity contribution in [1.29, 1.82) is 0 Å². The van der Waals surface area contributed by atoms with E-state index in [1.807, 2.05) is 0 Å². The van der Waals surface area contributed by atoms with Crippen LogP contribution in [0.2, 0.25) is 0 Å². The van der Waals surface area contributed by atoms with Crippen molar-refractivity contribution >= 4 is 22.8 Å². The van der Waals surface area contributed by atoms with E-state index in [0.29, 0.717) is 34.3 Å². The monoisotopic (exact) mass is 402 g/mol. The van der Waals surface area contributed by atoms with Gasteiger partial charge in [0.1, 0.15) is 11.6 Å². The zero-order chi connectivity index (χ0) is 21.1. The zero-order valence-corrected chi connectivity index (χ0v) is 15.8. The Balaban J connectivity index is 1.57. The lowest BCUT2D eigenvalue weighted by Gasteiger charge is -2.10. The van der Waals surface area contributed by atoms with Gasteiger partial charge in [0.15, 0.2) is 0 Å². The first-order valence-electron chi connectivity index (χ1n) is 9.20. The SMILES string of the molecule is O=C(O)c1ccc(Cc2cnc3ccc(C(=O)NCc4ncc[nH]4)cc3c2O)cc1. The summed E-state index contributed by atoms with van der Waals surface area (Å²) in [5, 5.41) is 23.0. The summed E-state index contributed by atoms with van der Waals surface area (Å²) < 4.78 is 0. The molecule has 0 radical (unpaired) electrons. The lowest BCUT2D eigenvalue weighted by Crippen LogP contribution is -2.23. The minimum Gasteiger partial charge on any atom is -0.507 e. The van der Waals surface area contributed by atoms with Gasteiger partial charge in [-0.3, -0.25) is 9.78 Å². The van der Waals surface area contributed by atoms with Crippen LogP contribution in [0.5, 0.6) is 5.75 Å². The highest BCUT2D eigenvalue weighted by Crippen LogP contribution is 2.29. The highest BCUT2D eigenvalue weighted by Gasteiger charge is 2.13. The lowest BCUT2D eigenvalue weighted by molar-refractivity contribution is 0.0696. The number of pyridine rings is 1. The molecule has 0 unspecified atom stereocenters. The summed E-state index contributed by atoms with van der Waals surface area (Å²) >= 11 is 0. The number of hydrogen-bond acceptors (Lipinski definition) is 5. The van der Waals surface area contributed by atoms with E-state index < -0.39 is 5.97 Å². The second-order valence-electron chi connectivity index (χ2n) is 6.76. The number of aromatic hydroxyl groups is 1. The third-order valence-electron chi connectivity index (χ3n) is 4.74. The number of H-pyrrole nitrogens is 1. The van der Waals surface area contributed by atoms with E-state index >= 15 is 0 Å². The average molecular weight is 402 g/mol. The third kappa shape index (κ3) is 3.97. The summed E-state index contributed by atoms with van der Waals surface area (Å²) in [5.74, 6) is -0.593. The number of nitrogens with zero attached hydrogens (tertiary/aromatic N) is 2. The van der Waals surface area contributed by atoms with Crippen LogP contribution >= 0.6 is 0 Å². The molecule has 0 fully saturated rings. The number of carboxylic acids is 1. The van der Waals surface area contributed by atoms with Gasteiger partial charge in [0, 0.05) is 41.5 Å². The van der Waals surface area contributed by atoms with Crippen LogP contribution < -0.4 is 5.32 Å². The zero-order valence-electron chi connectivity index (χ0n) is 15.8. The van der Waals surface area contributed by atoms with Gasteiger partial charge in [-0.15, -0.1) is 0 Å². The van der Waals surface area contributed by atoms with Crippen molar-refractivity contribution < 1.29 is 19.8 Å². The summed E-state index contributed by atoms with van der Waals surface area (Å²) in [6.45, 7) is 0.264. The molecule has 0 aliphatic heterocycles. The summed E-state index contributed by atoms with van der Waals surface area (Å²) in [4.78, 5) is 34.8. The van der Waals surface area contributed by atoms with Crippen LogP contribution in [0.3, 0.4) is 0 Å². The normalized spacial score (nSPS) is 10.8. The van der Waals surface area contributed by atoms with E-state index in [0.717, 1.165) is 5.56 Å². The summed E-state index contributed by atoms with van der Waals surface area (Å²) in [6, 6.07) is 11.4. The highest BCUT2D eigenvalue weighted by molar-refractivity contribution is 5.99. The van der Waals surface area contributed by atoms with Gasteiger partial charge in [0.2, 0.25) is 0 Å². The quantitative estimate of drug-likeness (QED) is 0.393. The van der Waals surface area contributed by atoms with Crippen LogP contribution in [0, 0.1) is 0 Å². The van der Waals surface area contributed by atoms with Gasteiger partial charge < -0.3 is 20.5 Å². The molecule has 2 aromatic carbocycles. The lowest BCUT2D eigenvalue weighted by atomic mass is 10.0. The molecule has 2 aromatic heterocycles. The van der Waals surface area contributed by atoms with Crippen molar-refractivity contribution in [2.75, 3.05) is 0 Å². The topological polar surface area (TPSA) is 128 Å². The molecule has 0 atom stereocenters. The van der Waals surface area contributed by atoms with Gasteiger partial charge in [-0.2, -0.15) is 0 Å². The molecule has 4 N–H and O–H groups in total. The first kappa shape index (κ1) is 19.1. The predicted octanol–water partition coefficient (Wildman–Crippen LogP) is 2.88. The number of rotatable bonds is 6. The Morgan fingerprint density at radius 1 is 1.03 bits per heavy atom. The maximum atomic E-state index is 12.5. The van der Waals surface area contributed by atoms with Gasteiger partial charge >= 0.3 is 5.97 Å². The van der Waals surface area contributed by atoms with Crippen LogP contribution in [0.4, 0.5) is 0 Å². The second-order valence-corrected chi connectivity index (χ2v) is 6.76. The van der Waals surface area contributed by atoms with Crippen molar-refractivity contribution in [3.63, 3.8) is 0 Å². The molecule has 0 saturated heterocycles. The largest absolute Gasteiger partial charge is 0.507 e. The molecule has 0 bridgehead atoms. The molecular formula is C22H18N4O4. The second kappa shape index (κ2) is 8.04. The van der Waals surface area contributed by atoms with E-state index in [-0.39, 0.29) is 23.8 Å². The number of aromatic amines is 1. The minimum atomic E-state index is -0.991. The standard InChI is InChI=1S/C22H18N4O4/c27-20-16(9-13-1-3-14(4-2-13)22(29)30)11-25-18-6-5-15(10-17(18)20)21(28)26-12-19-23-7-8-24-19/h1-8,10-11H,9,12H2,(H,23,24)(H,25,27)(H,26,28)(H,29,30). The third-order valence-corrected chi connectivity index (χ3v) is 4.74. The van der Waals surface area contributed by atoms with E-state index in [4.69, 9.17) is 5.11 Å². The number of fused-ring (bicyclic) bond motifs is 1. The Morgan fingerprint density at radius 3 is 2.50 bits per heavy atom. The van der Waals surface area contributed by atoms with E-state index in [9.17, 15) is 14.7 Å².